The van der Waals surface area contributed by atoms with E-state index in [1.807, 2.05) is 48.5 Å². The van der Waals surface area contributed by atoms with Crippen molar-refractivity contribution in [3.63, 3.8) is 0 Å². The van der Waals surface area contributed by atoms with Gasteiger partial charge in [-0.15, -0.1) is 0 Å². The van der Waals surface area contributed by atoms with Gasteiger partial charge in [-0.1, -0.05) is 24.3 Å². The molecule has 140 valence electrons. The summed E-state index contributed by atoms with van der Waals surface area (Å²) in [6.07, 6.45) is 0. The first-order valence-electron chi connectivity index (χ1n) is 9.40. The fourth-order valence-corrected chi connectivity index (χ4v) is 5.12. The van der Waals surface area contributed by atoms with E-state index in [1.165, 1.54) is 5.56 Å². The maximum Gasteiger partial charge on any atom is 0.132 e. The molecule has 0 bridgehead atoms. The van der Waals surface area contributed by atoms with E-state index >= 15 is 0 Å². The van der Waals surface area contributed by atoms with Gasteiger partial charge in [0.2, 0.25) is 0 Å². The second-order valence-corrected chi connectivity index (χ2v) is 8.14. The van der Waals surface area contributed by atoms with Gasteiger partial charge in [0.15, 0.2) is 0 Å². The van der Waals surface area contributed by atoms with Gasteiger partial charge in [-0.3, -0.25) is 0 Å². The predicted octanol–water partition coefficient (Wildman–Crippen LogP) is 6.75. The lowest BCUT2D eigenvalue weighted by molar-refractivity contribution is 0.455. The van der Waals surface area contributed by atoms with Crippen molar-refractivity contribution < 1.29 is 14.9 Å². The molecule has 0 unspecified atom stereocenters. The van der Waals surface area contributed by atoms with Crippen molar-refractivity contribution in [2.24, 2.45) is 0 Å². The monoisotopic (exact) mass is 396 g/mol. The minimum absolute atomic E-state index is 0.0593. The van der Waals surface area contributed by atoms with Crippen molar-refractivity contribution in [2.45, 2.75) is 5.92 Å². The molecule has 6 rings (SSSR count). The lowest BCUT2D eigenvalue weighted by atomic mass is 9.79. The van der Waals surface area contributed by atoms with Crippen LogP contribution in [-0.2, 0) is 0 Å². The van der Waals surface area contributed by atoms with Crippen LogP contribution in [0, 0.1) is 0 Å². The third kappa shape index (κ3) is 2.43. The van der Waals surface area contributed by atoms with Crippen LogP contribution in [0.4, 0.5) is 0 Å². The Labute approximate surface area is 171 Å². The van der Waals surface area contributed by atoms with E-state index in [9.17, 15) is 10.2 Å². The minimum Gasteiger partial charge on any atom is -0.508 e. The summed E-state index contributed by atoms with van der Waals surface area (Å²) in [6, 6.07) is 21.1. The van der Waals surface area contributed by atoms with Crippen LogP contribution in [0.3, 0.4) is 0 Å². The first-order valence-corrected chi connectivity index (χ1v) is 10.3. The molecule has 0 aliphatic carbocycles. The van der Waals surface area contributed by atoms with Gasteiger partial charge < -0.3 is 14.9 Å². The van der Waals surface area contributed by atoms with Gasteiger partial charge in [0, 0.05) is 17.0 Å². The smallest absolute Gasteiger partial charge is 0.132 e. The Hall–Kier alpha value is -3.50. The Morgan fingerprint density at radius 3 is 1.76 bits per heavy atom. The molecule has 0 spiro atoms. The van der Waals surface area contributed by atoms with Crippen molar-refractivity contribution in [2.75, 3.05) is 0 Å². The van der Waals surface area contributed by atoms with Crippen LogP contribution in [0.5, 0.6) is 23.0 Å². The average Bonchev–Trinajstić information content (AvgIpc) is 3.26. The maximum absolute atomic E-state index is 10.2. The lowest BCUT2D eigenvalue weighted by Crippen LogP contribution is -2.12. The Morgan fingerprint density at radius 1 is 0.690 bits per heavy atom. The standard InChI is InChI=1S/C25H16O3S/c26-17-5-1-14-3-7-21-24(19(14)11-17)23(16-9-10-29-13-16)25-20-12-18(27)6-2-15(20)4-8-22(25)28-21/h1-13,23,26-27H. The number of aromatic hydroxyl groups is 2. The highest BCUT2D eigenvalue weighted by Crippen LogP contribution is 2.52. The van der Waals surface area contributed by atoms with E-state index < -0.39 is 0 Å². The van der Waals surface area contributed by atoms with Crippen LogP contribution in [-0.4, -0.2) is 10.2 Å². The Balaban J connectivity index is 1.77. The number of fused-ring (bicyclic) bond motifs is 6. The highest BCUT2D eigenvalue weighted by Gasteiger charge is 2.32. The minimum atomic E-state index is -0.0593. The van der Waals surface area contributed by atoms with Gasteiger partial charge in [-0.2, -0.15) is 11.3 Å². The molecule has 0 radical (unpaired) electrons. The number of ether oxygens (including phenoxy) is 1. The van der Waals surface area contributed by atoms with Gasteiger partial charge in [0.25, 0.3) is 0 Å². The number of phenolic OH excluding ortho intramolecular Hbond substituents is 2. The molecule has 29 heavy (non-hydrogen) atoms. The van der Waals surface area contributed by atoms with E-state index in [0.717, 1.165) is 44.2 Å². The SMILES string of the molecule is Oc1ccc2ccc3c(c2c1)C(c1ccsc1)c1c(ccc2ccc(O)cc12)O3. The summed E-state index contributed by atoms with van der Waals surface area (Å²) in [7, 11) is 0. The molecular formula is C25H16O3S. The van der Waals surface area contributed by atoms with Gasteiger partial charge in [-0.25, -0.2) is 0 Å². The van der Waals surface area contributed by atoms with E-state index in [-0.39, 0.29) is 17.4 Å². The largest absolute Gasteiger partial charge is 0.508 e. The average molecular weight is 396 g/mol. The molecule has 1 aliphatic rings. The summed E-state index contributed by atoms with van der Waals surface area (Å²) >= 11 is 1.66. The number of thiophene rings is 1. The van der Waals surface area contributed by atoms with E-state index in [4.69, 9.17) is 4.74 Å². The van der Waals surface area contributed by atoms with E-state index in [2.05, 4.69) is 16.8 Å². The summed E-state index contributed by atoms with van der Waals surface area (Å²) in [5.41, 5.74) is 3.26. The third-order valence-electron chi connectivity index (χ3n) is 5.69. The Morgan fingerprint density at radius 2 is 1.24 bits per heavy atom. The summed E-state index contributed by atoms with van der Waals surface area (Å²) in [5, 5.41) is 28.7. The molecule has 1 aliphatic heterocycles. The lowest BCUT2D eigenvalue weighted by Gasteiger charge is -2.30. The normalized spacial score (nSPS) is 13.2. The molecule has 0 atom stereocenters. The molecule has 3 nitrogen and oxygen atoms in total. The van der Waals surface area contributed by atoms with Gasteiger partial charge >= 0.3 is 0 Å². The van der Waals surface area contributed by atoms with Gasteiger partial charge in [-0.05, 0) is 80.3 Å². The summed E-state index contributed by atoms with van der Waals surface area (Å²) in [4.78, 5) is 0. The zero-order valence-electron chi connectivity index (χ0n) is 15.3. The molecule has 4 heteroatoms. The van der Waals surface area contributed by atoms with E-state index in [1.54, 1.807) is 23.5 Å². The van der Waals surface area contributed by atoms with Crippen LogP contribution >= 0.6 is 11.3 Å². The molecule has 2 N–H and O–H groups in total. The zero-order valence-corrected chi connectivity index (χ0v) is 16.1. The van der Waals surface area contributed by atoms with E-state index in [0.29, 0.717) is 0 Å². The van der Waals surface area contributed by atoms with Crippen molar-refractivity contribution >= 4 is 32.9 Å². The highest BCUT2D eigenvalue weighted by atomic mass is 32.1. The fraction of sp³-hybridized carbons (Fsp3) is 0.0400. The molecule has 4 aromatic carbocycles. The second-order valence-electron chi connectivity index (χ2n) is 7.36. The Bertz CT molecular complexity index is 1310. The Kier molecular flexibility index (Phi) is 3.40. The predicted molar refractivity (Wildman–Crippen MR) is 117 cm³/mol. The van der Waals surface area contributed by atoms with Gasteiger partial charge in [0.05, 0.1) is 0 Å². The first kappa shape index (κ1) is 16.5. The molecule has 1 aromatic heterocycles. The van der Waals surface area contributed by atoms with Crippen LogP contribution < -0.4 is 4.74 Å². The van der Waals surface area contributed by atoms with Crippen LogP contribution in [0.25, 0.3) is 21.5 Å². The number of hydrogen-bond donors (Lipinski definition) is 2. The quantitative estimate of drug-likeness (QED) is 0.323. The zero-order chi connectivity index (χ0) is 19.5. The topological polar surface area (TPSA) is 49.7 Å². The number of phenols is 2. The second kappa shape index (κ2) is 6.00. The molecule has 0 saturated heterocycles. The molecule has 2 heterocycles. The summed E-state index contributed by atoms with van der Waals surface area (Å²) < 4.78 is 6.34. The number of hydrogen-bond acceptors (Lipinski definition) is 4. The molecule has 0 saturated carbocycles. The van der Waals surface area contributed by atoms with Crippen molar-refractivity contribution in [1.82, 2.24) is 0 Å². The highest BCUT2D eigenvalue weighted by molar-refractivity contribution is 7.08. The van der Waals surface area contributed by atoms with Crippen molar-refractivity contribution in [1.29, 1.82) is 0 Å². The third-order valence-corrected chi connectivity index (χ3v) is 6.39. The van der Waals surface area contributed by atoms with Crippen molar-refractivity contribution in [3.8, 4) is 23.0 Å². The first-order chi connectivity index (χ1) is 14.2. The number of benzene rings is 4. The number of rotatable bonds is 1. The van der Waals surface area contributed by atoms with Gasteiger partial charge in [0.1, 0.15) is 23.0 Å². The summed E-state index contributed by atoms with van der Waals surface area (Å²) in [6.45, 7) is 0. The molecule has 0 amide bonds. The van der Waals surface area contributed by atoms with Crippen LogP contribution in [0.15, 0.2) is 77.5 Å². The molecule has 5 aromatic rings. The van der Waals surface area contributed by atoms with Crippen LogP contribution in [0.1, 0.15) is 22.6 Å². The molecular weight excluding hydrogens is 380 g/mol. The van der Waals surface area contributed by atoms with Crippen LogP contribution in [0.2, 0.25) is 0 Å². The maximum atomic E-state index is 10.2. The summed E-state index contributed by atoms with van der Waals surface area (Å²) in [5.74, 6) is 2.00. The van der Waals surface area contributed by atoms with Crippen molar-refractivity contribution in [3.05, 3.63) is 94.2 Å². The molecule has 0 fully saturated rings. The fourth-order valence-electron chi connectivity index (χ4n) is 4.43.